The van der Waals surface area contributed by atoms with Gasteiger partial charge in [-0.05, 0) is 101 Å². The zero-order valence-corrected chi connectivity index (χ0v) is 24.8. The number of nitrogens with zero attached hydrogens (tertiary/aromatic N) is 1. The number of ether oxygens (including phenoxy) is 1. The highest BCUT2D eigenvalue weighted by Crippen LogP contribution is 2.50. The summed E-state index contributed by atoms with van der Waals surface area (Å²) in [6.07, 6.45) is 3.31. The third-order valence-electron chi connectivity index (χ3n) is 7.97. The number of likely N-dealkylation sites (tertiary alicyclic amines) is 1. The van der Waals surface area contributed by atoms with Crippen molar-refractivity contribution in [1.82, 2.24) is 4.90 Å². The Labute approximate surface area is 245 Å². The van der Waals surface area contributed by atoms with E-state index in [0.29, 0.717) is 28.6 Å². The zero-order chi connectivity index (χ0) is 27.8. The van der Waals surface area contributed by atoms with Crippen LogP contribution in [0.1, 0.15) is 36.6 Å². The summed E-state index contributed by atoms with van der Waals surface area (Å²) in [4.78, 5) is 29.2. The van der Waals surface area contributed by atoms with E-state index in [1.165, 1.54) is 23.3 Å². The van der Waals surface area contributed by atoms with Gasteiger partial charge in [-0.25, -0.2) is 0 Å². The number of aliphatic hydroxyl groups excluding tert-OH is 1. The van der Waals surface area contributed by atoms with Crippen LogP contribution in [0.15, 0.2) is 46.4 Å². The lowest BCUT2D eigenvalue weighted by Crippen LogP contribution is -2.46. The number of allylic oxidation sites excluding steroid dienone is 1. The maximum atomic E-state index is 13.6. The molecule has 0 bridgehead atoms. The number of thiophene rings is 1. The molecule has 8 nitrogen and oxygen atoms in total. The lowest BCUT2D eigenvalue weighted by atomic mass is 9.58. The highest BCUT2D eigenvalue weighted by Gasteiger charge is 2.57. The van der Waals surface area contributed by atoms with E-state index in [0.717, 1.165) is 27.2 Å². The van der Waals surface area contributed by atoms with Crippen molar-refractivity contribution in [3.63, 3.8) is 0 Å². The van der Waals surface area contributed by atoms with Gasteiger partial charge in [-0.15, -0.1) is 11.3 Å². The summed E-state index contributed by atoms with van der Waals surface area (Å²) in [5.41, 5.74) is 3.58. The lowest BCUT2D eigenvalue weighted by molar-refractivity contribution is -0.140. The minimum atomic E-state index is -1.05. The predicted molar refractivity (Wildman–Crippen MR) is 157 cm³/mol. The normalized spacial score (nSPS) is 25.3. The number of hydrogen-bond donors (Lipinski definition) is 3. The van der Waals surface area contributed by atoms with E-state index in [2.05, 4.69) is 22.6 Å². The molecule has 3 heterocycles. The summed E-state index contributed by atoms with van der Waals surface area (Å²) in [5.74, 6) is -1.30. The molecule has 2 saturated heterocycles. The molecule has 206 valence electrons. The zero-order valence-electron chi connectivity index (χ0n) is 21.8. The van der Waals surface area contributed by atoms with Crippen molar-refractivity contribution in [3.05, 3.63) is 60.4 Å². The van der Waals surface area contributed by atoms with Gasteiger partial charge in [0.05, 0.1) is 41.8 Å². The highest BCUT2D eigenvalue weighted by molar-refractivity contribution is 14.1. The van der Waals surface area contributed by atoms with Crippen LogP contribution >= 0.6 is 33.9 Å². The molecule has 0 unspecified atom stereocenters. The van der Waals surface area contributed by atoms with Crippen LogP contribution in [0.25, 0.3) is 6.08 Å². The monoisotopic (exact) mass is 663 g/mol. The summed E-state index contributed by atoms with van der Waals surface area (Å²) < 4.78 is 11.9. The van der Waals surface area contributed by atoms with Crippen molar-refractivity contribution in [2.75, 3.05) is 13.7 Å². The number of carbonyl (C=O) groups excluding carboxylic acids is 2. The van der Waals surface area contributed by atoms with E-state index in [4.69, 9.17) is 9.39 Å². The van der Waals surface area contributed by atoms with Gasteiger partial charge < -0.3 is 24.6 Å². The molecule has 1 aromatic heterocycles. The van der Waals surface area contributed by atoms with Crippen LogP contribution in [0.5, 0.6) is 11.5 Å². The molecule has 0 radical (unpaired) electrons. The second-order valence-electron chi connectivity index (χ2n) is 10.4. The summed E-state index contributed by atoms with van der Waals surface area (Å²) in [7, 11) is 0.461. The summed E-state index contributed by atoms with van der Waals surface area (Å²) in [6, 6.07) is 7.46. The van der Waals surface area contributed by atoms with E-state index >= 15 is 0 Å². The molecular weight excluding hydrogens is 632 g/mol. The number of imide groups is 1. The van der Waals surface area contributed by atoms with Crippen LogP contribution < -0.4 is 4.74 Å². The minimum absolute atomic E-state index is 0.108. The van der Waals surface area contributed by atoms with E-state index in [9.17, 15) is 24.8 Å². The number of carbonyl (C=O) groups is 2. The maximum Gasteiger partial charge on any atom is 0.455 e. The van der Waals surface area contributed by atoms with Gasteiger partial charge in [0, 0.05) is 4.88 Å². The summed E-state index contributed by atoms with van der Waals surface area (Å²) in [5, 5.41) is 33.0. The van der Waals surface area contributed by atoms with Crippen LogP contribution in [0, 0.1) is 21.3 Å². The first-order chi connectivity index (χ1) is 18.7. The van der Waals surface area contributed by atoms with E-state index < -0.39 is 25.1 Å². The Kier molecular flexibility index (Phi) is 8.53. The van der Waals surface area contributed by atoms with Gasteiger partial charge in [0.15, 0.2) is 11.5 Å². The number of rotatable bonds is 8. The maximum absolute atomic E-state index is 13.6. The Balaban J connectivity index is 1.37. The first kappa shape index (κ1) is 28.3. The molecule has 1 aliphatic carbocycles. The van der Waals surface area contributed by atoms with Crippen molar-refractivity contribution >= 4 is 58.9 Å². The fraction of sp³-hybridized carbons (Fsp3) is 0.429. The molecule has 3 aliphatic rings. The lowest BCUT2D eigenvalue weighted by Gasteiger charge is -2.42. The van der Waals surface area contributed by atoms with Crippen LogP contribution in [-0.2, 0) is 20.8 Å². The second-order valence-corrected chi connectivity index (χ2v) is 12.6. The third kappa shape index (κ3) is 5.56. The van der Waals surface area contributed by atoms with Crippen molar-refractivity contribution in [1.29, 1.82) is 0 Å². The van der Waals surface area contributed by atoms with Gasteiger partial charge in [0.25, 0.3) is 0 Å². The molecule has 2 aromatic rings. The Bertz CT molecular complexity index is 1330. The van der Waals surface area contributed by atoms with Crippen molar-refractivity contribution in [3.8, 4) is 11.5 Å². The molecular formula is C28H31BINO7S. The third-order valence-corrected chi connectivity index (χ3v) is 9.65. The molecule has 0 saturated carbocycles. The first-order valence-corrected chi connectivity index (χ1v) is 14.9. The average Bonchev–Trinajstić information content (AvgIpc) is 3.51. The van der Waals surface area contributed by atoms with Gasteiger partial charge in [0.1, 0.15) is 0 Å². The number of amides is 2. The molecule has 2 amide bonds. The Hall–Kier alpha value is -2.19. The predicted octanol–water partition coefficient (Wildman–Crippen LogP) is 4.24. The SMILES string of the molecule is COc1cc(/C=C(\C)CC[C@H]2OB(O)C[C@H]3C2=C(CO)C[C@H]2C(=O)N(Cc4cccs4)C(=O)[C@H]23)cc(I)c1O. The molecule has 2 aliphatic heterocycles. The summed E-state index contributed by atoms with van der Waals surface area (Å²) in [6.45, 7) is 2.05. The quantitative estimate of drug-likeness (QED) is 0.168. The number of fused-ring (bicyclic) bond motifs is 3. The van der Waals surface area contributed by atoms with E-state index in [1.54, 1.807) is 6.07 Å². The van der Waals surface area contributed by atoms with Crippen molar-refractivity contribution < 1.29 is 34.2 Å². The van der Waals surface area contributed by atoms with Gasteiger partial charge in [-0.1, -0.05) is 17.7 Å². The molecule has 5 rings (SSSR count). The van der Waals surface area contributed by atoms with Crippen LogP contribution in [-0.4, -0.2) is 58.9 Å². The largest absolute Gasteiger partial charge is 0.504 e. The number of methoxy groups -OCH3 is 1. The minimum Gasteiger partial charge on any atom is -0.504 e. The van der Waals surface area contributed by atoms with Gasteiger partial charge in [-0.3, -0.25) is 14.5 Å². The molecule has 39 heavy (non-hydrogen) atoms. The standard InChI is InChI=1S/C28H31BINO7S/c1-15(8-16-9-21(30)26(33)23(10-16)37-2)5-6-22-24-17(14-32)11-19-25(20(24)12-29(36)38-22)28(35)31(27(19)34)13-18-4-3-7-39-18/h3-4,7-10,19-20,22,25,32-33,36H,5-6,11-14H2,1-2H3/b15-8+/t19-,20+,22-,25-/m1/s1. The van der Waals surface area contributed by atoms with E-state index in [-0.39, 0.29) is 43.0 Å². The second kappa shape index (κ2) is 11.7. The molecule has 3 N–H and O–H groups in total. The number of phenols is 1. The molecule has 2 fully saturated rings. The molecule has 11 heteroatoms. The van der Waals surface area contributed by atoms with Crippen molar-refractivity contribution in [2.24, 2.45) is 17.8 Å². The fourth-order valence-corrected chi connectivity index (χ4v) is 7.56. The van der Waals surface area contributed by atoms with Gasteiger partial charge in [-0.2, -0.15) is 0 Å². The van der Waals surface area contributed by atoms with E-state index in [1.807, 2.05) is 36.6 Å². The number of hydrogen-bond acceptors (Lipinski definition) is 8. The molecule has 0 spiro atoms. The summed E-state index contributed by atoms with van der Waals surface area (Å²) >= 11 is 3.57. The Morgan fingerprint density at radius 1 is 1.31 bits per heavy atom. The highest BCUT2D eigenvalue weighted by atomic mass is 127. The van der Waals surface area contributed by atoms with Gasteiger partial charge in [0.2, 0.25) is 11.8 Å². The molecule has 1 aromatic carbocycles. The number of phenolic OH excluding ortho intramolecular Hbond substituents is 1. The first-order valence-electron chi connectivity index (χ1n) is 13.0. The van der Waals surface area contributed by atoms with Crippen LogP contribution in [0.4, 0.5) is 0 Å². The van der Waals surface area contributed by atoms with Crippen LogP contribution in [0.2, 0.25) is 6.32 Å². The number of halogens is 1. The van der Waals surface area contributed by atoms with Crippen molar-refractivity contribution in [2.45, 2.75) is 45.2 Å². The van der Waals surface area contributed by atoms with Gasteiger partial charge >= 0.3 is 7.12 Å². The fourth-order valence-electron chi connectivity index (χ4n) is 6.24. The topological polar surface area (TPSA) is 117 Å². The average molecular weight is 663 g/mol. The smallest absolute Gasteiger partial charge is 0.455 e. The number of aromatic hydroxyl groups is 1. The number of benzene rings is 1. The van der Waals surface area contributed by atoms with Crippen LogP contribution in [0.3, 0.4) is 0 Å². The number of aliphatic hydroxyl groups is 1. The Morgan fingerprint density at radius 3 is 2.79 bits per heavy atom. The molecule has 4 atom stereocenters. The Morgan fingerprint density at radius 2 is 2.10 bits per heavy atom.